The Balaban J connectivity index is 1.74. The number of nitrogens with two attached hydrogens (primary N) is 2. The van der Waals surface area contributed by atoms with E-state index in [9.17, 15) is 79.2 Å². The highest BCUT2D eigenvalue weighted by atomic mass is 16.5. The predicted molar refractivity (Wildman–Crippen MR) is 278 cm³/mol. The summed E-state index contributed by atoms with van der Waals surface area (Å²) in [6.07, 6.45) is -9.20. The number of aliphatic hydroxyl groups is 7. The number of aromatic hydroxyl groups is 1. The van der Waals surface area contributed by atoms with Crippen molar-refractivity contribution in [2.45, 2.75) is 203 Å². The third kappa shape index (κ3) is 18.8. The van der Waals surface area contributed by atoms with Gasteiger partial charge in [-0.3, -0.25) is 38.4 Å². The van der Waals surface area contributed by atoms with Crippen LogP contribution >= 0.6 is 0 Å². The summed E-state index contributed by atoms with van der Waals surface area (Å²) >= 11 is 0. The highest BCUT2D eigenvalue weighted by Gasteiger charge is 2.49. The summed E-state index contributed by atoms with van der Waals surface area (Å²) in [6, 6.07) is -7.20. The quantitative estimate of drug-likeness (QED) is 0.0476. The van der Waals surface area contributed by atoms with Crippen LogP contribution < -0.4 is 38.1 Å². The second-order valence-electron chi connectivity index (χ2n) is 21.2. The average Bonchev–Trinajstić information content (AvgIpc) is 4.01. The van der Waals surface area contributed by atoms with Crippen molar-refractivity contribution in [3.8, 4) is 5.75 Å². The first-order chi connectivity index (χ1) is 36.9. The maximum absolute atomic E-state index is 14.6. The molecule has 1 aromatic carbocycles. The molecule has 17 N–H and O–H groups in total. The molecule has 3 aliphatic rings. The SMILES string of the molecule is CC[C@H](C)C[C@H](C)CCCCCCCCC(=O)N[C@H]1C[C@@H](O)[C@@H](OCCN)NC(=O)[C@@H]2[C@@H](O)CCN2C(=O)[C@H]([C@H](O)CC(N)=O)NC(=O)[C@H]([C@H](O)[C@@H](O)c2ccc(O)cc2)NC(=O)[C@@H]2C[C@@H](O)CN2C(=O)[C@H]([C@@H](C)O)NC1=O. The smallest absolute Gasteiger partial charge is 0.248 e. The first kappa shape index (κ1) is 64.9. The van der Waals surface area contributed by atoms with Crippen LogP contribution in [0, 0.1) is 11.8 Å². The van der Waals surface area contributed by atoms with Crippen molar-refractivity contribution in [2.24, 2.45) is 23.3 Å². The number of aliphatic hydroxyl groups excluding tert-OH is 7. The average molecular weight is 1110 g/mol. The summed E-state index contributed by atoms with van der Waals surface area (Å²) in [5.74, 6) is -8.30. The molecular formula is C52H85N9O17. The molecule has 0 unspecified atom stereocenters. The molecule has 16 atom stereocenters. The van der Waals surface area contributed by atoms with Crippen LogP contribution in [0.15, 0.2) is 24.3 Å². The van der Waals surface area contributed by atoms with Crippen molar-refractivity contribution >= 4 is 47.3 Å². The van der Waals surface area contributed by atoms with Gasteiger partial charge in [-0.05, 0) is 55.7 Å². The molecule has 0 aliphatic carbocycles. The van der Waals surface area contributed by atoms with E-state index in [1.54, 1.807) is 0 Å². The van der Waals surface area contributed by atoms with E-state index in [0.29, 0.717) is 24.7 Å². The van der Waals surface area contributed by atoms with Crippen molar-refractivity contribution in [1.29, 1.82) is 0 Å². The number of unbranched alkanes of at least 4 members (excludes halogenated alkanes) is 5. The fraction of sp³-hybridized carbons (Fsp3) is 0.731. The Hall–Kier alpha value is -5.58. The molecule has 0 saturated carbocycles. The Bertz CT molecular complexity index is 2160. The molecule has 3 saturated heterocycles. The Morgan fingerprint density at radius 2 is 1.37 bits per heavy atom. The van der Waals surface area contributed by atoms with Crippen LogP contribution in [0.25, 0.3) is 0 Å². The normalized spacial score (nSPS) is 28.4. The molecule has 0 radical (unpaired) electrons. The number of nitrogens with one attached hydrogen (secondary N) is 5. The molecule has 3 aliphatic heterocycles. The van der Waals surface area contributed by atoms with E-state index in [-0.39, 0.29) is 37.3 Å². The van der Waals surface area contributed by atoms with Gasteiger partial charge in [-0.25, -0.2) is 0 Å². The zero-order valence-electron chi connectivity index (χ0n) is 45.1. The van der Waals surface area contributed by atoms with Gasteiger partial charge >= 0.3 is 0 Å². The van der Waals surface area contributed by atoms with Gasteiger partial charge in [-0.1, -0.05) is 77.8 Å². The van der Waals surface area contributed by atoms with Crippen LogP contribution in [0.5, 0.6) is 5.75 Å². The number of fused-ring (bicyclic) bond motifs is 2. The van der Waals surface area contributed by atoms with E-state index in [1.807, 2.05) is 0 Å². The molecule has 26 heteroatoms. The Morgan fingerprint density at radius 3 is 2.00 bits per heavy atom. The summed E-state index contributed by atoms with van der Waals surface area (Å²) in [7, 11) is 0. The minimum Gasteiger partial charge on any atom is -0.508 e. The Kier molecular flexibility index (Phi) is 26.0. The van der Waals surface area contributed by atoms with Crippen molar-refractivity contribution < 1.29 is 83.9 Å². The monoisotopic (exact) mass is 1110 g/mol. The fourth-order valence-electron chi connectivity index (χ4n) is 10.1. The maximum Gasteiger partial charge on any atom is 0.248 e. The summed E-state index contributed by atoms with van der Waals surface area (Å²) in [6.45, 7) is 6.33. The number of carbonyl (C=O) groups excluding carboxylic acids is 8. The molecule has 0 spiro atoms. The second-order valence-corrected chi connectivity index (χ2v) is 21.2. The molecule has 0 aromatic heterocycles. The molecule has 1 aromatic rings. The number of hydrogen-bond donors (Lipinski definition) is 15. The van der Waals surface area contributed by atoms with Gasteiger partial charge in [0, 0.05) is 38.9 Å². The predicted octanol–water partition coefficient (Wildman–Crippen LogP) is -3.36. The zero-order valence-corrected chi connectivity index (χ0v) is 45.1. The molecule has 26 nitrogen and oxygen atoms in total. The van der Waals surface area contributed by atoms with Crippen LogP contribution in [-0.2, 0) is 43.1 Å². The van der Waals surface area contributed by atoms with Crippen LogP contribution in [0.1, 0.15) is 129 Å². The first-order valence-electron chi connectivity index (χ1n) is 27.2. The lowest BCUT2D eigenvalue weighted by atomic mass is 9.91. The minimum absolute atomic E-state index is 0.0611. The molecule has 3 fully saturated rings. The number of carbonyl (C=O) groups is 8. The number of amides is 8. The van der Waals surface area contributed by atoms with Crippen molar-refractivity contribution in [3.05, 3.63) is 29.8 Å². The zero-order chi connectivity index (χ0) is 58.0. The van der Waals surface area contributed by atoms with Crippen molar-refractivity contribution in [3.63, 3.8) is 0 Å². The number of hydrogen-bond acceptors (Lipinski definition) is 18. The molecule has 8 amide bonds. The van der Waals surface area contributed by atoms with Gasteiger partial charge in [-0.2, -0.15) is 0 Å². The Labute approximate surface area is 454 Å². The van der Waals surface area contributed by atoms with Gasteiger partial charge in [0.05, 0.1) is 37.4 Å². The van der Waals surface area contributed by atoms with Crippen LogP contribution in [0.3, 0.4) is 0 Å². The van der Waals surface area contributed by atoms with E-state index in [4.69, 9.17) is 16.2 Å². The maximum atomic E-state index is 14.6. The number of benzene rings is 1. The van der Waals surface area contributed by atoms with E-state index >= 15 is 0 Å². The molecule has 4 rings (SSSR count). The van der Waals surface area contributed by atoms with Gasteiger partial charge in [0.2, 0.25) is 47.3 Å². The van der Waals surface area contributed by atoms with E-state index < -0.39 is 165 Å². The Morgan fingerprint density at radius 1 is 0.756 bits per heavy atom. The summed E-state index contributed by atoms with van der Waals surface area (Å²) in [5.41, 5.74) is 11.0. The van der Waals surface area contributed by atoms with Gasteiger partial charge in [0.15, 0.2) is 6.23 Å². The van der Waals surface area contributed by atoms with Gasteiger partial charge < -0.3 is 93.4 Å². The number of rotatable bonds is 23. The number of phenolic OH excluding ortho intramolecular Hbond substituents is 1. The van der Waals surface area contributed by atoms with Crippen molar-refractivity contribution in [2.75, 3.05) is 26.2 Å². The summed E-state index contributed by atoms with van der Waals surface area (Å²) < 4.78 is 5.70. The molecule has 440 valence electrons. The minimum atomic E-state index is -2.36. The third-order valence-corrected chi connectivity index (χ3v) is 14.7. The molecule has 0 bridgehead atoms. The lowest BCUT2D eigenvalue weighted by Gasteiger charge is -2.34. The van der Waals surface area contributed by atoms with Crippen LogP contribution in [-0.4, -0.2) is 203 Å². The summed E-state index contributed by atoms with van der Waals surface area (Å²) in [4.78, 5) is 114. The largest absolute Gasteiger partial charge is 0.508 e. The van der Waals surface area contributed by atoms with Gasteiger partial charge in [0.25, 0.3) is 0 Å². The highest BCUT2D eigenvalue weighted by molar-refractivity contribution is 5.98. The molecule has 78 heavy (non-hydrogen) atoms. The van der Waals surface area contributed by atoms with E-state index in [2.05, 4.69) is 47.4 Å². The highest BCUT2D eigenvalue weighted by Crippen LogP contribution is 2.27. The fourth-order valence-corrected chi connectivity index (χ4v) is 10.1. The second kappa shape index (κ2) is 31.3. The molecular weight excluding hydrogens is 1020 g/mol. The number of primary amides is 1. The number of phenols is 1. The van der Waals surface area contributed by atoms with E-state index in [0.717, 1.165) is 67.4 Å². The van der Waals surface area contributed by atoms with E-state index in [1.165, 1.54) is 18.6 Å². The standard InChI is InChI=1S/C52H85N9O17/c1-5-27(2)22-28(3)12-10-8-6-7-9-11-13-39(69)55-33-24-37(67)50(78-21-19-53)59-49(75)43-35(65)18-20-60(43)52(77)41(36(66)25-38(54)68)57-48(74)42(45(71)44(70)30-14-16-31(63)17-15-30)58-47(73)34-23-32(64)26-61(34)51(76)40(29(4)62)56-46(33)72/h14-17,27-29,32-37,40-45,50,62-67,70-71H,5-13,18-26,53H2,1-4H3,(H2,54,68)(H,55,69)(H,56,72)(H,57,74)(H,58,73)(H,59,75)/t27-,28+,29+,32+,33-,34-,35-,36+,37+,40-,41-,42-,43-,44-,45-,50+/m0/s1. The first-order valence-corrected chi connectivity index (χ1v) is 27.2. The summed E-state index contributed by atoms with van der Waals surface area (Å²) in [5, 5.41) is 101. The number of ether oxygens (including phenoxy) is 1. The van der Waals surface area contributed by atoms with Gasteiger partial charge in [-0.15, -0.1) is 0 Å². The topological polar surface area (TPSA) is 426 Å². The van der Waals surface area contributed by atoms with Gasteiger partial charge in [0.1, 0.15) is 60.3 Å². The van der Waals surface area contributed by atoms with Crippen LogP contribution in [0.4, 0.5) is 0 Å². The lowest BCUT2D eigenvalue weighted by Crippen LogP contribution is -2.64. The third-order valence-electron chi connectivity index (χ3n) is 14.7. The molecule has 3 heterocycles. The van der Waals surface area contributed by atoms with Crippen LogP contribution in [0.2, 0.25) is 0 Å². The van der Waals surface area contributed by atoms with Crippen molar-refractivity contribution in [1.82, 2.24) is 36.4 Å². The lowest BCUT2D eigenvalue weighted by molar-refractivity contribution is -0.150. The number of nitrogens with zero attached hydrogens (tertiary/aromatic N) is 2.